The minimum Gasteiger partial charge on any atom is -0.360 e. The minimum atomic E-state index is -3.64. The molecule has 0 radical (unpaired) electrons. The van der Waals surface area contributed by atoms with Crippen molar-refractivity contribution in [1.82, 2.24) is 14.8 Å². The topological polar surface area (TPSA) is 75.4 Å². The molecule has 25 heavy (non-hydrogen) atoms. The molecule has 0 saturated carbocycles. The van der Waals surface area contributed by atoms with Crippen molar-refractivity contribution in [3.63, 3.8) is 0 Å². The number of thiophene rings is 1. The van der Waals surface area contributed by atoms with Crippen LogP contribution >= 0.6 is 11.3 Å². The molecule has 6 nitrogen and oxygen atoms in total. The van der Waals surface area contributed by atoms with E-state index in [0.717, 1.165) is 31.8 Å². The fourth-order valence-corrected chi connectivity index (χ4v) is 5.57. The van der Waals surface area contributed by atoms with Gasteiger partial charge < -0.3 is 4.52 Å². The van der Waals surface area contributed by atoms with Crippen molar-refractivity contribution in [3.05, 3.63) is 33.8 Å². The van der Waals surface area contributed by atoms with Crippen LogP contribution in [-0.2, 0) is 10.0 Å². The fraction of sp³-hybridized carbons (Fsp3) is 0.588. The van der Waals surface area contributed by atoms with Crippen molar-refractivity contribution in [2.45, 2.75) is 44.6 Å². The zero-order chi connectivity index (χ0) is 18.0. The molecule has 0 spiro atoms. The van der Waals surface area contributed by atoms with E-state index in [1.807, 2.05) is 11.4 Å². The van der Waals surface area contributed by atoms with Crippen molar-refractivity contribution < 1.29 is 12.9 Å². The summed E-state index contributed by atoms with van der Waals surface area (Å²) < 4.78 is 33.2. The lowest BCUT2D eigenvalue weighted by Crippen LogP contribution is -2.41. The highest BCUT2D eigenvalue weighted by Gasteiger charge is 2.29. The summed E-state index contributed by atoms with van der Waals surface area (Å²) in [6, 6.07) is 4.16. The van der Waals surface area contributed by atoms with Gasteiger partial charge in [-0.3, -0.25) is 4.90 Å². The molecule has 1 aliphatic rings. The van der Waals surface area contributed by atoms with Crippen molar-refractivity contribution in [2.24, 2.45) is 5.92 Å². The Morgan fingerprint density at radius 1 is 1.40 bits per heavy atom. The third-order valence-electron chi connectivity index (χ3n) is 4.83. The number of likely N-dealkylation sites (tertiary alicyclic amines) is 1. The van der Waals surface area contributed by atoms with E-state index in [2.05, 4.69) is 27.8 Å². The first-order valence-electron chi connectivity index (χ1n) is 8.58. The SMILES string of the molecule is Cc1noc(C)c1S(=O)(=O)NCC(c1cccs1)N1CCC(C)CC1. The van der Waals surface area contributed by atoms with Crippen LogP contribution in [0.3, 0.4) is 0 Å². The summed E-state index contributed by atoms with van der Waals surface area (Å²) in [6.07, 6.45) is 2.30. The molecule has 138 valence electrons. The second kappa shape index (κ2) is 7.57. The number of piperidine rings is 1. The Morgan fingerprint density at radius 2 is 2.12 bits per heavy atom. The van der Waals surface area contributed by atoms with Gasteiger partial charge in [-0.05, 0) is 57.1 Å². The molecule has 1 atom stereocenters. The van der Waals surface area contributed by atoms with E-state index in [1.165, 1.54) is 4.88 Å². The molecule has 1 N–H and O–H groups in total. The van der Waals surface area contributed by atoms with Crippen LogP contribution in [0.2, 0.25) is 0 Å². The maximum atomic E-state index is 12.7. The summed E-state index contributed by atoms with van der Waals surface area (Å²) in [5.74, 6) is 1.06. The monoisotopic (exact) mass is 383 g/mol. The number of nitrogens with zero attached hydrogens (tertiary/aromatic N) is 2. The van der Waals surface area contributed by atoms with E-state index in [1.54, 1.807) is 25.2 Å². The Hall–Kier alpha value is -1.22. The van der Waals surface area contributed by atoms with Crippen molar-refractivity contribution in [3.8, 4) is 0 Å². The molecule has 0 aromatic carbocycles. The van der Waals surface area contributed by atoms with Gasteiger partial charge in [-0.15, -0.1) is 11.3 Å². The van der Waals surface area contributed by atoms with Crippen LogP contribution in [-0.4, -0.2) is 38.1 Å². The van der Waals surface area contributed by atoms with E-state index in [9.17, 15) is 8.42 Å². The van der Waals surface area contributed by atoms with Gasteiger partial charge in [0, 0.05) is 11.4 Å². The summed E-state index contributed by atoms with van der Waals surface area (Å²) in [6.45, 7) is 7.89. The molecule has 1 fully saturated rings. The zero-order valence-corrected chi connectivity index (χ0v) is 16.5. The lowest BCUT2D eigenvalue weighted by Gasteiger charge is -2.36. The molecule has 1 unspecified atom stereocenters. The van der Waals surface area contributed by atoms with E-state index in [-0.39, 0.29) is 10.9 Å². The quantitative estimate of drug-likeness (QED) is 0.829. The number of hydrogen-bond acceptors (Lipinski definition) is 6. The molecule has 1 aliphatic heterocycles. The number of sulfonamides is 1. The first-order valence-corrected chi connectivity index (χ1v) is 10.9. The first kappa shape index (κ1) is 18.6. The minimum absolute atomic E-state index is 0.0581. The summed E-state index contributed by atoms with van der Waals surface area (Å²) in [7, 11) is -3.64. The molecule has 0 amide bonds. The Labute approximate surface area is 153 Å². The lowest BCUT2D eigenvalue weighted by atomic mass is 9.97. The standard InChI is InChI=1S/C17H25N3O3S2/c1-12-6-8-20(9-7-12)15(16-5-4-10-24-16)11-18-25(21,22)17-13(2)19-23-14(17)3/h4-5,10,12,15,18H,6-9,11H2,1-3H3. The second-order valence-electron chi connectivity index (χ2n) is 6.75. The average Bonchev–Trinajstić information content (AvgIpc) is 3.19. The number of aryl methyl sites for hydroxylation is 2. The van der Waals surface area contributed by atoms with Crippen molar-refractivity contribution in [1.29, 1.82) is 0 Å². The highest BCUT2D eigenvalue weighted by Crippen LogP contribution is 2.29. The molecule has 8 heteroatoms. The summed E-state index contributed by atoms with van der Waals surface area (Å²) >= 11 is 1.67. The van der Waals surface area contributed by atoms with Crippen LogP contribution in [0.15, 0.2) is 26.9 Å². The van der Waals surface area contributed by atoms with Gasteiger partial charge in [0.15, 0.2) is 5.76 Å². The molecule has 2 aromatic heterocycles. The van der Waals surface area contributed by atoms with Crippen molar-refractivity contribution >= 4 is 21.4 Å². The molecular formula is C17H25N3O3S2. The Balaban J connectivity index is 1.77. The summed E-state index contributed by atoms with van der Waals surface area (Å²) in [5, 5.41) is 5.79. The van der Waals surface area contributed by atoms with Gasteiger partial charge in [0.25, 0.3) is 0 Å². The van der Waals surface area contributed by atoms with Gasteiger partial charge in [-0.1, -0.05) is 18.1 Å². The first-order chi connectivity index (χ1) is 11.9. The second-order valence-corrected chi connectivity index (χ2v) is 9.44. The Morgan fingerprint density at radius 3 is 2.68 bits per heavy atom. The number of rotatable bonds is 6. The average molecular weight is 384 g/mol. The Kier molecular flexibility index (Phi) is 5.62. The molecule has 3 heterocycles. The van der Waals surface area contributed by atoms with Gasteiger partial charge in [0.1, 0.15) is 10.6 Å². The van der Waals surface area contributed by atoms with E-state index in [4.69, 9.17) is 4.52 Å². The highest BCUT2D eigenvalue weighted by molar-refractivity contribution is 7.89. The summed E-state index contributed by atoms with van der Waals surface area (Å²) in [5.41, 5.74) is 0.393. The molecular weight excluding hydrogens is 358 g/mol. The normalized spacial score (nSPS) is 18.5. The van der Waals surface area contributed by atoms with Crippen LogP contribution in [0, 0.1) is 19.8 Å². The molecule has 2 aromatic rings. The maximum Gasteiger partial charge on any atom is 0.246 e. The number of aromatic nitrogens is 1. The van der Waals surface area contributed by atoms with E-state index >= 15 is 0 Å². The predicted molar refractivity (Wildman–Crippen MR) is 98.2 cm³/mol. The van der Waals surface area contributed by atoms with Crippen molar-refractivity contribution in [2.75, 3.05) is 19.6 Å². The number of hydrogen-bond donors (Lipinski definition) is 1. The van der Waals surface area contributed by atoms with Crippen LogP contribution in [0.1, 0.15) is 42.1 Å². The van der Waals surface area contributed by atoms with Gasteiger partial charge in [-0.25, -0.2) is 13.1 Å². The molecule has 1 saturated heterocycles. The van der Waals surface area contributed by atoms with E-state index in [0.29, 0.717) is 18.0 Å². The van der Waals surface area contributed by atoms with Gasteiger partial charge in [0.05, 0.1) is 6.04 Å². The molecule has 3 rings (SSSR count). The smallest absolute Gasteiger partial charge is 0.246 e. The van der Waals surface area contributed by atoms with Crippen LogP contribution in [0.4, 0.5) is 0 Å². The highest BCUT2D eigenvalue weighted by atomic mass is 32.2. The van der Waals surface area contributed by atoms with Crippen LogP contribution in [0.25, 0.3) is 0 Å². The lowest BCUT2D eigenvalue weighted by molar-refractivity contribution is 0.141. The van der Waals surface area contributed by atoms with Crippen LogP contribution in [0.5, 0.6) is 0 Å². The molecule has 0 bridgehead atoms. The van der Waals surface area contributed by atoms with Gasteiger partial charge in [-0.2, -0.15) is 0 Å². The summed E-state index contributed by atoms with van der Waals surface area (Å²) in [4.78, 5) is 3.74. The third-order valence-corrected chi connectivity index (χ3v) is 7.47. The maximum absolute atomic E-state index is 12.7. The largest absolute Gasteiger partial charge is 0.360 e. The van der Waals surface area contributed by atoms with Gasteiger partial charge >= 0.3 is 0 Å². The predicted octanol–water partition coefficient (Wildman–Crippen LogP) is 3.10. The molecule has 0 aliphatic carbocycles. The zero-order valence-electron chi connectivity index (χ0n) is 14.9. The number of nitrogens with one attached hydrogen (secondary N) is 1. The fourth-order valence-electron chi connectivity index (χ4n) is 3.35. The van der Waals surface area contributed by atoms with Gasteiger partial charge in [0.2, 0.25) is 10.0 Å². The Bertz CT molecular complexity index is 772. The van der Waals surface area contributed by atoms with E-state index < -0.39 is 10.0 Å². The van der Waals surface area contributed by atoms with Crippen LogP contribution < -0.4 is 4.72 Å². The third kappa shape index (κ3) is 4.13.